The van der Waals surface area contributed by atoms with Crippen molar-refractivity contribution in [2.45, 2.75) is 6.42 Å². The second-order valence-corrected chi connectivity index (χ2v) is 5.41. The molecule has 0 radical (unpaired) electrons. The summed E-state index contributed by atoms with van der Waals surface area (Å²) in [4.78, 5) is 20.9. The molecule has 1 fully saturated rings. The quantitative estimate of drug-likeness (QED) is 0.797. The van der Waals surface area contributed by atoms with Crippen LogP contribution in [0.15, 0.2) is 42.9 Å². The molecular formula is C16H15N5O2. The number of rotatable bonds is 3. The summed E-state index contributed by atoms with van der Waals surface area (Å²) >= 11 is 0. The first kappa shape index (κ1) is 13.8. The number of ether oxygens (including phenoxy) is 1. The molecule has 2 aromatic heterocycles. The zero-order valence-corrected chi connectivity index (χ0v) is 12.3. The second-order valence-electron chi connectivity index (χ2n) is 5.41. The van der Waals surface area contributed by atoms with Crippen molar-refractivity contribution in [3.05, 3.63) is 42.9 Å². The van der Waals surface area contributed by atoms with E-state index in [1.807, 2.05) is 30.3 Å². The molecule has 23 heavy (non-hydrogen) atoms. The van der Waals surface area contributed by atoms with Crippen LogP contribution in [0, 0.1) is 5.92 Å². The average molecular weight is 309 g/mol. The molecule has 116 valence electrons. The van der Waals surface area contributed by atoms with E-state index in [0.717, 1.165) is 17.5 Å². The number of carbonyl (C=O) groups is 1. The molecule has 3 heterocycles. The van der Waals surface area contributed by atoms with Gasteiger partial charge in [0, 0.05) is 18.4 Å². The summed E-state index contributed by atoms with van der Waals surface area (Å²) in [6.07, 6.45) is 3.86. The Kier molecular flexibility index (Phi) is 3.47. The van der Waals surface area contributed by atoms with Gasteiger partial charge >= 0.3 is 0 Å². The monoisotopic (exact) mass is 309 g/mol. The number of fused-ring (bicyclic) bond motifs is 1. The molecule has 1 aliphatic rings. The van der Waals surface area contributed by atoms with E-state index in [0.29, 0.717) is 24.8 Å². The molecule has 7 heteroatoms. The van der Waals surface area contributed by atoms with Crippen LogP contribution < -0.4 is 5.32 Å². The molecule has 1 saturated heterocycles. The lowest BCUT2D eigenvalue weighted by molar-refractivity contribution is -0.119. The highest BCUT2D eigenvalue weighted by molar-refractivity contribution is 5.96. The molecule has 1 N–H and O–H groups in total. The van der Waals surface area contributed by atoms with E-state index >= 15 is 0 Å². The Balaban J connectivity index is 1.78. The molecule has 1 amide bonds. The third-order valence-corrected chi connectivity index (χ3v) is 3.93. The summed E-state index contributed by atoms with van der Waals surface area (Å²) < 4.78 is 6.85. The van der Waals surface area contributed by atoms with Crippen LogP contribution in [0.25, 0.3) is 16.9 Å². The Bertz CT molecular complexity index is 840. The number of anilines is 1. The molecule has 1 unspecified atom stereocenters. The molecule has 1 aliphatic heterocycles. The lowest BCUT2D eigenvalue weighted by Crippen LogP contribution is -2.24. The Labute approximate surface area is 132 Å². The van der Waals surface area contributed by atoms with Gasteiger partial charge in [0.2, 0.25) is 5.91 Å². The number of amides is 1. The van der Waals surface area contributed by atoms with E-state index in [1.54, 1.807) is 10.7 Å². The van der Waals surface area contributed by atoms with E-state index in [4.69, 9.17) is 4.74 Å². The molecule has 7 nitrogen and oxygen atoms in total. The Morgan fingerprint density at radius 1 is 1.26 bits per heavy atom. The first-order valence-corrected chi connectivity index (χ1v) is 7.46. The van der Waals surface area contributed by atoms with Gasteiger partial charge in [-0.25, -0.2) is 4.98 Å². The van der Waals surface area contributed by atoms with Crippen LogP contribution in [-0.4, -0.2) is 38.7 Å². The minimum Gasteiger partial charge on any atom is -0.381 e. The maximum atomic E-state index is 12.5. The van der Waals surface area contributed by atoms with Crippen molar-refractivity contribution in [2.75, 3.05) is 18.5 Å². The van der Waals surface area contributed by atoms with Crippen molar-refractivity contribution in [2.24, 2.45) is 5.92 Å². The maximum absolute atomic E-state index is 12.5. The van der Waals surface area contributed by atoms with E-state index in [9.17, 15) is 4.79 Å². The van der Waals surface area contributed by atoms with Gasteiger partial charge in [-0.05, 0) is 12.0 Å². The van der Waals surface area contributed by atoms with Gasteiger partial charge in [-0.15, -0.1) is 0 Å². The van der Waals surface area contributed by atoms with E-state index in [-0.39, 0.29) is 11.8 Å². The molecule has 0 spiro atoms. The zero-order valence-electron chi connectivity index (χ0n) is 12.3. The van der Waals surface area contributed by atoms with Crippen LogP contribution in [0.1, 0.15) is 6.42 Å². The van der Waals surface area contributed by atoms with Crippen molar-refractivity contribution < 1.29 is 9.53 Å². The van der Waals surface area contributed by atoms with Gasteiger partial charge in [0.15, 0.2) is 0 Å². The zero-order chi connectivity index (χ0) is 15.6. The number of hydrogen-bond acceptors (Lipinski definition) is 5. The summed E-state index contributed by atoms with van der Waals surface area (Å²) in [5, 5.41) is 7.16. The lowest BCUT2D eigenvalue weighted by Gasteiger charge is -2.14. The van der Waals surface area contributed by atoms with Crippen LogP contribution in [0.3, 0.4) is 0 Å². The molecule has 3 aromatic rings. The molecule has 1 atom stereocenters. The number of hydrogen-bond donors (Lipinski definition) is 1. The maximum Gasteiger partial charge on any atom is 0.254 e. The minimum atomic E-state index is -0.134. The molecule has 0 saturated carbocycles. The predicted molar refractivity (Wildman–Crippen MR) is 83.8 cm³/mol. The minimum absolute atomic E-state index is 0.0670. The summed E-state index contributed by atoms with van der Waals surface area (Å²) in [6, 6.07) is 9.76. The lowest BCUT2D eigenvalue weighted by atomic mass is 10.1. The van der Waals surface area contributed by atoms with Gasteiger partial charge in [0.25, 0.3) is 5.78 Å². The molecule has 4 rings (SSSR count). The SMILES string of the molecule is O=C(Nc1c(-c2ccccc2)cnc2ncnn12)C1CCOC1. The van der Waals surface area contributed by atoms with Gasteiger partial charge in [0.1, 0.15) is 12.1 Å². The fourth-order valence-corrected chi connectivity index (χ4v) is 2.69. The highest BCUT2D eigenvalue weighted by Crippen LogP contribution is 2.28. The van der Waals surface area contributed by atoms with E-state index in [2.05, 4.69) is 20.4 Å². The first-order valence-electron chi connectivity index (χ1n) is 7.46. The van der Waals surface area contributed by atoms with Crippen LogP contribution in [0.5, 0.6) is 0 Å². The summed E-state index contributed by atoms with van der Waals surface area (Å²) in [5.74, 6) is 0.825. The fourth-order valence-electron chi connectivity index (χ4n) is 2.69. The van der Waals surface area contributed by atoms with Crippen LogP contribution in [-0.2, 0) is 9.53 Å². The summed E-state index contributed by atoms with van der Waals surface area (Å²) in [5.41, 5.74) is 1.76. The number of nitrogens with zero attached hydrogens (tertiary/aromatic N) is 4. The highest BCUT2D eigenvalue weighted by Gasteiger charge is 2.25. The Morgan fingerprint density at radius 2 is 2.13 bits per heavy atom. The van der Waals surface area contributed by atoms with E-state index in [1.165, 1.54) is 6.33 Å². The smallest absolute Gasteiger partial charge is 0.254 e. The third kappa shape index (κ3) is 2.55. The molecule has 0 bridgehead atoms. The Morgan fingerprint density at radius 3 is 2.91 bits per heavy atom. The number of nitrogens with one attached hydrogen (secondary N) is 1. The van der Waals surface area contributed by atoms with Crippen LogP contribution in [0.2, 0.25) is 0 Å². The third-order valence-electron chi connectivity index (χ3n) is 3.93. The molecule has 1 aromatic carbocycles. The Hall–Kier alpha value is -2.80. The van der Waals surface area contributed by atoms with Crippen molar-refractivity contribution in [3.63, 3.8) is 0 Å². The fraction of sp³-hybridized carbons (Fsp3) is 0.250. The van der Waals surface area contributed by atoms with Crippen molar-refractivity contribution in [1.82, 2.24) is 19.6 Å². The van der Waals surface area contributed by atoms with Gasteiger partial charge in [-0.1, -0.05) is 30.3 Å². The summed E-state index contributed by atoms with van der Waals surface area (Å²) in [7, 11) is 0. The van der Waals surface area contributed by atoms with Crippen LogP contribution >= 0.6 is 0 Å². The van der Waals surface area contributed by atoms with Gasteiger partial charge < -0.3 is 10.1 Å². The number of carbonyl (C=O) groups excluding carboxylic acids is 1. The topological polar surface area (TPSA) is 81.4 Å². The van der Waals surface area contributed by atoms with Gasteiger partial charge in [-0.3, -0.25) is 4.79 Å². The van der Waals surface area contributed by atoms with Crippen molar-refractivity contribution in [3.8, 4) is 11.1 Å². The highest BCUT2D eigenvalue weighted by atomic mass is 16.5. The van der Waals surface area contributed by atoms with Crippen LogP contribution in [0.4, 0.5) is 5.82 Å². The van der Waals surface area contributed by atoms with Crippen molar-refractivity contribution in [1.29, 1.82) is 0 Å². The number of aromatic nitrogens is 4. The summed E-state index contributed by atoms with van der Waals surface area (Å²) in [6.45, 7) is 1.08. The van der Waals surface area contributed by atoms with Gasteiger partial charge in [0.05, 0.1) is 12.5 Å². The molecule has 0 aliphatic carbocycles. The largest absolute Gasteiger partial charge is 0.381 e. The average Bonchev–Trinajstić information content (AvgIpc) is 3.27. The van der Waals surface area contributed by atoms with Gasteiger partial charge in [-0.2, -0.15) is 14.6 Å². The first-order chi connectivity index (χ1) is 11.3. The normalized spacial score (nSPS) is 17.5. The molecular weight excluding hydrogens is 294 g/mol. The number of benzene rings is 1. The predicted octanol–water partition coefficient (Wildman–Crippen LogP) is 1.77. The second kappa shape index (κ2) is 5.77. The van der Waals surface area contributed by atoms with E-state index < -0.39 is 0 Å². The van der Waals surface area contributed by atoms with Crippen molar-refractivity contribution >= 4 is 17.5 Å². The standard InChI is InChI=1S/C16H15N5O2/c22-15(12-6-7-23-9-12)20-14-13(11-4-2-1-3-5-11)8-17-16-18-10-19-21(14)16/h1-5,8,10,12H,6-7,9H2,(H,20,22).